The van der Waals surface area contributed by atoms with Crippen LogP contribution in [0.5, 0.6) is 0 Å². The number of aryl methyl sites for hydroxylation is 1. The average Bonchev–Trinajstić information content (AvgIpc) is 3.24. The van der Waals surface area contributed by atoms with Crippen LogP contribution >= 0.6 is 0 Å². The average molecular weight is 411 g/mol. The molecule has 3 rings (SSSR count). The van der Waals surface area contributed by atoms with Crippen molar-refractivity contribution in [3.8, 4) is 0 Å². The lowest BCUT2D eigenvalue weighted by molar-refractivity contribution is 0.257. The van der Waals surface area contributed by atoms with E-state index < -0.39 is 0 Å². The first-order valence-corrected chi connectivity index (χ1v) is 11.1. The van der Waals surface area contributed by atoms with Gasteiger partial charge in [0.1, 0.15) is 11.5 Å². The molecular weight excluding hydrogens is 376 g/mol. The Balaban J connectivity index is 1.88. The van der Waals surface area contributed by atoms with Crippen molar-refractivity contribution in [1.82, 2.24) is 24.8 Å². The molecule has 1 aliphatic rings. The number of pyridine rings is 1. The summed E-state index contributed by atoms with van der Waals surface area (Å²) in [7, 11) is 0. The molecule has 8 heteroatoms. The maximum atomic E-state index is 4.87. The molecule has 0 bridgehead atoms. The molecule has 162 valence electrons. The highest BCUT2D eigenvalue weighted by molar-refractivity contribution is 6.48. The summed E-state index contributed by atoms with van der Waals surface area (Å²) in [6.07, 6.45) is 2.23. The summed E-state index contributed by atoms with van der Waals surface area (Å²) in [5, 5.41) is 13.5. The SMILES string of the molecule is CCCN(CCC)Cc1nnc2n1N=C(C)C2=Nc1ccc(N(CC)CC)nc1C. The van der Waals surface area contributed by atoms with Crippen LogP contribution in [-0.4, -0.2) is 62.4 Å². The first-order chi connectivity index (χ1) is 14.5. The van der Waals surface area contributed by atoms with E-state index in [4.69, 9.17) is 9.98 Å². The minimum atomic E-state index is 0.711. The minimum absolute atomic E-state index is 0.711. The van der Waals surface area contributed by atoms with Crippen molar-refractivity contribution < 1.29 is 0 Å². The van der Waals surface area contributed by atoms with Crippen molar-refractivity contribution in [3.63, 3.8) is 0 Å². The van der Waals surface area contributed by atoms with Gasteiger partial charge in [0, 0.05) is 13.1 Å². The van der Waals surface area contributed by atoms with Crippen molar-refractivity contribution in [2.24, 2.45) is 10.1 Å². The zero-order valence-corrected chi connectivity index (χ0v) is 19.2. The predicted octanol–water partition coefficient (Wildman–Crippen LogP) is 3.81. The molecule has 8 nitrogen and oxygen atoms in total. The summed E-state index contributed by atoms with van der Waals surface area (Å²) in [5.74, 6) is 2.56. The second-order valence-corrected chi connectivity index (χ2v) is 7.62. The van der Waals surface area contributed by atoms with E-state index in [0.717, 1.165) is 80.0 Å². The molecule has 1 aliphatic heterocycles. The van der Waals surface area contributed by atoms with Crippen LogP contribution < -0.4 is 4.90 Å². The molecule has 0 N–H and O–H groups in total. The monoisotopic (exact) mass is 410 g/mol. The molecule has 0 radical (unpaired) electrons. The fourth-order valence-corrected chi connectivity index (χ4v) is 3.76. The number of nitrogens with zero attached hydrogens (tertiary/aromatic N) is 8. The Labute approximate surface area is 179 Å². The first-order valence-electron chi connectivity index (χ1n) is 11.1. The molecule has 0 amide bonds. The lowest BCUT2D eigenvalue weighted by Gasteiger charge is -2.20. The number of fused-ring (bicyclic) bond motifs is 1. The van der Waals surface area contributed by atoms with Gasteiger partial charge in [0.15, 0.2) is 5.82 Å². The summed E-state index contributed by atoms with van der Waals surface area (Å²) in [6.45, 7) is 17.3. The highest BCUT2D eigenvalue weighted by Gasteiger charge is 2.26. The third-order valence-electron chi connectivity index (χ3n) is 5.32. The van der Waals surface area contributed by atoms with Crippen LogP contribution in [0.25, 0.3) is 0 Å². The fourth-order valence-electron chi connectivity index (χ4n) is 3.76. The molecule has 0 unspecified atom stereocenters. The Morgan fingerprint density at radius 3 is 2.27 bits per heavy atom. The third kappa shape index (κ3) is 4.59. The van der Waals surface area contributed by atoms with Crippen LogP contribution in [0.15, 0.2) is 22.2 Å². The largest absolute Gasteiger partial charge is 0.357 e. The maximum Gasteiger partial charge on any atom is 0.205 e. The maximum absolute atomic E-state index is 4.87. The second-order valence-electron chi connectivity index (χ2n) is 7.62. The second kappa shape index (κ2) is 9.93. The number of hydrogen-bond donors (Lipinski definition) is 0. The molecule has 3 heterocycles. The molecule has 0 aliphatic carbocycles. The van der Waals surface area contributed by atoms with Crippen molar-refractivity contribution in [2.75, 3.05) is 31.1 Å². The summed E-state index contributed by atoms with van der Waals surface area (Å²) < 4.78 is 1.85. The summed E-state index contributed by atoms with van der Waals surface area (Å²) in [6, 6.07) is 4.06. The molecule has 0 saturated heterocycles. The van der Waals surface area contributed by atoms with Gasteiger partial charge in [-0.2, -0.15) is 9.78 Å². The highest BCUT2D eigenvalue weighted by atomic mass is 15.5. The Morgan fingerprint density at radius 1 is 0.967 bits per heavy atom. The van der Waals surface area contributed by atoms with Crippen molar-refractivity contribution in [2.45, 2.75) is 60.9 Å². The van der Waals surface area contributed by atoms with Gasteiger partial charge in [-0.3, -0.25) is 4.90 Å². The van der Waals surface area contributed by atoms with Gasteiger partial charge in [0.2, 0.25) is 5.82 Å². The molecule has 0 fully saturated rings. The molecule has 2 aromatic heterocycles. The van der Waals surface area contributed by atoms with E-state index in [2.05, 4.69) is 52.8 Å². The Morgan fingerprint density at radius 2 is 1.67 bits per heavy atom. The number of rotatable bonds is 10. The van der Waals surface area contributed by atoms with E-state index in [0.29, 0.717) is 5.82 Å². The number of hydrogen-bond acceptors (Lipinski definition) is 7. The molecule has 30 heavy (non-hydrogen) atoms. The van der Waals surface area contributed by atoms with Crippen LogP contribution in [0.3, 0.4) is 0 Å². The fraction of sp³-hybridized carbons (Fsp3) is 0.591. The quantitative estimate of drug-likeness (QED) is 0.595. The third-order valence-corrected chi connectivity index (χ3v) is 5.32. The van der Waals surface area contributed by atoms with E-state index in [9.17, 15) is 0 Å². The summed E-state index contributed by atoms with van der Waals surface area (Å²) >= 11 is 0. The van der Waals surface area contributed by atoms with Gasteiger partial charge in [-0.15, -0.1) is 10.2 Å². The first kappa shape index (κ1) is 22.1. The van der Waals surface area contributed by atoms with Gasteiger partial charge < -0.3 is 4.90 Å². The number of aromatic nitrogens is 4. The highest BCUT2D eigenvalue weighted by Crippen LogP contribution is 2.24. The van der Waals surface area contributed by atoms with Crippen LogP contribution in [-0.2, 0) is 6.54 Å². The normalized spacial score (nSPS) is 14.5. The Hall–Kier alpha value is -2.61. The summed E-state index contributed by atoms with van der Waals surface area (Å²) in [4.78, 5) is 14.2. The van der Waals surface area contributed by atoms with Gasteiger partial charge >= 0.3 is 0 Å². The molecule has 0 saturated carbocycles. The molecule has 0 spiro atoms. The van der Waals surface area contributed by atoms with Gasteiger partial charge in [-0.05, 0) is 65.8 Å². The van der Waals surface area contributed by atoms with Gasteiger partial charge in [0.05, 0.1) is 23.6 Å². The van der Waals surface area contributed by atoms with E-state index >= 15 is 0 Å². The summed E-state index contributed by atoms with van der Waals surface area (Å²) in [5.41, 5.74) is 3.36. The van der Waals surface area contributed by atoms with E-state index in [-0.39, 0.29) is 0 Å². The van der Waals surface area contributed by atoms with Crippen LogP contribution in [0.4, 0.5) is 11.5 Å². The lowest BCUT2D eigenvalue weighted by Crippen LogP contribution is -2.26. The van der Waals surface area contributed by atoms with Gasteiger partial charge in [0.25, 0.3) is 0 Å². The van der Waals surface area contributed by atoms with Crippen molar-refractivity contribution in [3.05, 3.63) is 29.5 Å². The standard InChI is InChI=1S/C22H34N8/c1-7-13-28(14-8-2)15-20-25-26-22-21(17(6)27-30(20)22)24-18-11-12-19(23-16(18)5)29(9-3)10-4/h11-12H,7-10,13-15H2,1-6H3. The Kier molecular flexibility index (Phi) is 7.31. The van der Waals surface area contributed by atoms with E-state index in [1.807, 2.05) is 30.7 Å². The molecular formula is C22H34N8. The number of aliphatic imine (C=N–C) groups is 1. The zero-order chi connectivity index (χ0) is 21.7. The predicted molar refractivity (Wildman–Crippen MR) is 123 cm³/mol. The topological polar surface area (TPSA) is 74.8 Å². The van der Waals surface area contributed by atoms with Crippen LogP contribution in [0.1, 0.15) is 64.8 Å². The van der Waals surface area contributed by atoms with Crippen molar-refractivity contribution in [1.29, 1.82) is 0 Å². The van der Waals surface area contributed by atoms with Crippen LogP contribution in [0.2, 0.25) is 0 Å². The zero-order valence-electron chi connectivity index (χ0n) is 19.2. The molecule has 2 aromatic rings. The Bertz CT molecular complexity index is 917. The molecule has 0 atom stereocenters. The van der Waals surface area contributed by atoms with Gasteiger partial charge in [-0.1, -0.05) is 13.8 Å². The number of anilines is 1. The minimum Gasteiger partial charge on any atom is -0.357 e. The van der Waals surface area contributed by atoms with Crippen molar-refractivity contribution >= 4 is 22.9 Å². The van der Waals surface area contributed by atoms with E-state index in [1.54, 1.807) is 0 Å². The van der Waals surface area contributed by atoms with Crippen LogP contribution in [0, 0.1) is 6.92 Å². The lowest BCUT2D eigenvalue weighted by atomic mass is 10.2. The van der Waals surface area contributed by atoms with E-state index in [1.165, 1.54) is 0 Å². The van der Waals surface area contributed by atoms with Gasteiger partial charge in [-0.25, -0.2) is 9.98 Å². The molecule has 0 aromatic carbocycles. The smallest absolute Gasteiger partial charge is 0.205 e.